The molecule has 15 heavy (non-hydrogen) atoms. The lowest BCUT2D eigenvalue weighted by atomic mass is 10.3. The lowest BCUT2D eigenvalue weighted by Crippen LogP contribution is -2.26. The Morgan fingerprint density at radius 3 is 3.00 bits per heavy atom. The SMILES string of the molecule is CC(=O)N1CCC(n2cc(C=O)nn2)C1. The molecular weight excluding hydrogens is 196 g/mol. The van der Waals surface area contributed by atoms with E-state index in [9.17, 15) is 9.59 Å². The minimum Gasteiger partial charge on any atom is -0.341 e. The number of carbonyl (C=O) groups is 2. The lowest BCUT2D eigenvalue weighted by Gasteiger charge is -2.13. The Morgan fingerprint density at radius 2 is 2.47 bits per heavy atom. The van der Waals surface area contributed by atoms with E-state index in [-0.39, 0.29) is 11.9 Å². The van der Waals surface area contributed by atoms with Crippen LogP contribution in [0.25, 0.3) is 0 Å². The van der Waals surface area contributed by atoms with Crippen LogP contribution in [0.15, 0.2) is 6.20 Å². The first-order chi connectivity index (χ1) is 7.20. The van der Waals surface area contributed by atoms with Crippen LogP contribution < -0.4 is 0 Å². The number of aldehydes is 1. The first kappa shape index (κ1) is 9.82. The van der Waals surface area contributed by atoms with Crippen molar-refractivity contribution in [2.45, 2.75) is 19.4 Å². The largest absolute Gasteiger partial charge is 0.341 e. The highest BCUT2D eigenvalue weighted by Gasteiger charge is 2.26. The average molecular weight is 208 g/mol. The van der Waals surface area contributed by atoms with Gasteiger partial charge in [0.25, 0.3) is 0 Å². The van der Waals surface area contributed by atoms with Crippen LogP contribution in [0.4, 0.5) is 0 Å². The molecule has 1 atom stereocenters. The monoisotopic (exact) mass is 208 g/mol. The second-order valence-corrected chi connectivity index (χ2v) is 3.65. The highest BCUT2D eigenvalue weighted by molar-refractivity contribution is 5.73. The molecule has 2 rings (SSSR count). The molecule has 0 aliphatic carbocycles. The van der Waals surface area contributed by atoms with Crippen LogP contribution >= 0.6 is 0 Å². The topological polar surface area (TPSA) is 68.1 Å². The van der Waals surface area contributed by atoms with Crippen molar-refractivity contribution in [3.8, 4) is 0 Å². The molecule has 0 aromatic carbocycles. The van der Waals surface area contributed by atoms with Gasteiger partial charge in [0.15, 0.2) is 6.29 Å². The molecule has 0 N–H and O–H groups in total. The second-order valence-electron chi connectivity index (χ2n) is 3.65. The van der Waals surface area contributed by atoms with E-state index in [0.717, 1.165) is 13.0 Å². The van der Waals surface area contributed by atoms with E-state index >= 15 is 0 Å². The van der Waals surface area contributed by atoms with Crippen LogP contribution in [-0.4, -0.2) is 45.2 Å². The van der Waals surface area contributed by atoms with Gasteiger partial charge in [-0.15, -0.1) is 5.10 Å². The highest BCUT2D eigenvalue weighted by atomic mass is 16.2. The Bertz CT molecular complexity index is 387. The third kappa shape index (κ3) is 1.88. The predicted molar refractivity (Wildman–Crippen MR) is 51.3 cm³/mol. The maximum Gasteiger partial charge on any atom is 0.219 e. The smallest absolute Gasteiger partial charge is 0.219 e. The van der Waals surface area contributed by atoms with Crippen LogP contribution in [0, 0.1) is 0 Å². The van der Waals surface area contributed by atoms with Gasteiger partial charge in [-0.05, 0) is 6.42 Å². The van der Waals surface area contributed by atoms with Gasteiger partial charge < -0.3 is 4.90 Å². The van der Waals surface area contributed by atoms with Crippen molar-refractivity contribution in [2.75, 3.05) is 13.1 Å². The summed E-state index contributed by atoms with van der Waals surface area (Å²) in [6.45, 7) is 2.95. The van der Waals surface area contributed by atoms with Crippen LogP contribution in [-0.2, 0) is 4.79 Å². The summed E-state index contributed by atoms with van der Waals surface area (Å²) in [6, 6.07) is 0.148. The zero-order valence-corrected chi connectivity index (χ0v) is 8.46. The average Bonchev–Trinajstić information content (AvgIpc) is 2.86. The van der Waals surface area contributed by atoms with E-state index in [2.05, 4.69) is 10.3 Å². The van der Waals surface area contributed by atoms with Crippen molar-refractivity contribution in [3.63, 3.8) is 0 Å². The summed E-state index contributed by atoms with van der Waals surface area (Å²) in [7, 11) is 0. The standard InChI is InChI=1S/C9H12N4O2/c1-7(15)12-3-2-9(5-12)13-4-8(6-14)10-11-13/h4,6,9H,2-3,5H2,1H3. The van der Waals surface area contributed by atoms with Gasteiger partial charge in [0.1, 0.15) is 5.69 Å². The Balaban J connectivity index is 2.07. The summed E-state index contributed by atoms with van der Waals surface area (Å²) in [6.07, 6.45) is 3.14. The molecule has 6 nitrogen and oxygen atoms in total. The Morgan fingerprint density at radius 1 is 1.67 bits per heavy atom. The first-order valence-electron chi connectivity index (χ1n) is 4.83. The summed E-state index contributed by atoms with van der Waals surface area (Å²) >= 11 is 0. The number of hydrogen-bond donors (Lipinski definition) is 0. The summed E-state index contributed by atoms with van der Waals surface area (Å²) in [5.41, 5.74) is 0.330. The molecule has 1 aliphatic rings. The van der Waals surface area contributed by atoms with Gasteiger partial charge in [0, 0.05) is 20.0 Å². The Labute approximate surface area is 86.9 Å². The number of rotatable bonds is 2. The quantitative estimate of drug-likeness (QED) is 0.635. The number of nitrogens with zero attached hydrogens (tertiary/aromatic N) is 4. The molecule has 1 aromatic rings. The molecule has 1 aliphatic heterocycles. The molecule has 0 saturated carbocycles. The zero-order chi connectivity index (χ0) is 10.8. The van der Waals surface area contributed by atoms with Gasteiger partial charge in [-0.25, -0.2) is 4.68 Å². The van der Waals surface area contributed by atoms with Gasteiger partial charge in [0.2, 0.25) is 5.91 Å². The van der Waals surface area contributed by atoms with Gasteiger partial charge >= 0.3 is 0 Å². The van der Waals surface area contributed by atoms with E-state index in [1.165, 1.54) is 0 Å². The molecule has 1 aromatic heterocycles. The number of hydrogen-bond acceptors (Lipinski definition) is 4. The molecule has 1 saturated heterocycles. The van der Waals surface area contributed by atoms with Crippen molar-refractivity contribution in [1.29, 1.82) is 0 Å². The highest BCUT2D eigenvalue weighted by Crippen LogP contribution is 2.20. The van der Waals surface area contributed by atoms with Crippen molar-refractivity contribution < 1.29 is 9.59 Å². The molecule has 1 fully saturated rings. The molecule has 2 heterocycles. The summed E-state index contributed by atoms with van der Waals surface area (Å²) < 4.78 is 1.66. The fraction of sp³-hybridized carbons (Fsp3) is 0.556. The minimum absolute atomic E-state index is 0.0771. The minimum atomic E-state index is 0.0771. The zero-order valence-electron chi connectivity index (χ0n) is 8.46. The third-order valence-electron chi connectivity index (χ3n) is 2.63. The fourth-order valence-electron chi connectivity index (χ4n) is 1.77. The van der Waals surface area contributed by atoms with Gasteiger partial charge in [-0.3, -0.25) is 9.59 Å². The van der Waals surface area contributed by atoms with Crippen molar-refractivity contribution >= 4 is 12.2 Å². The van der Waals surface area contributed by atoms with Gasteiger partial charge in [-0.1, -0.05) is 5.21 Å². The lowest BCUT2D eigenvalue weighted by molar-refractivity contribution is -0.127. The number of amides is 1. The number of aromatic nitrogens is 3. The summed E-state index contributed by atoms with van der Waals surface area (Å²) in [5.74, 6) is 0.0771. The first-order valence-corrected chi connectivity index (χ1v) is 4.83. The molecule has 1 amide bonds. The van der Waals surface area contributed by atoms with Gasteiger partial charge in [-0.2, -0.15) is 0 Å². The second kappa shape index (κ2) is 3.80. The van der Waals surface area contributed by atoms with Crippen LogP contribution in [0.5, 0.6) is 0 Å². The van der Waals surface area contributed by atoms with Crippen LogP contribution in [0.1, 0.15) is 29.9 Å². The van der Waals surface area contributed by atoms with E-state index in [0.29, 0.717) is 18.5 Å². The van der Waals surface area contributed by atoms with Gasteiger partial charge in [0.05, 0.1) is 12.2 Å². The molecule has 6 heteroatoms. The summed E-state index contributed by atoms with van der Waals surface area (Å²) in [5, 5.41) is 7.55. The van der Waals surface area contributed by atoms with Crippen molar-refractivity contribution in [1.82, 2.24) is 19.9 Å². The maximum atomic E-state index is 11.1. The molecular formula is C9H12N4O2. The van der Waals surface area contributed by atoms with E-state index in [1.807, 2.05) is 0 Å². The number of carbonyl (C=O) groups excluding carboxylic acids is 2. The Hall–Kier alpha value is -1.72. The molecule has 1 unspecified atom stereocenters. The fourth-order valence-corrected chi connectivity index (χ4v) is 1.77. The third-order valence-corrected chi connectivity index (χ3v) is 2.63. The van der Waals surface area contributed by atoms with E-state index < -0.39 is 0 Å². The number of likely N-dealkylation sites (tertiary alicyclic amines) is 1. The van der Waals surface area contributed by atoms with Crippen molar-refractivity contribution in [3.05, 3.63) is 11.9 Å². The predicted octanol–water partition coefficient (Wildman–Crippen LogP) is -0.116. The maximum absolute atomic E-state index is 11.1. The van der Waals surface area contributed by atoms with Crippen LogP contribution in [0.2, 0.25) is 0 Å². The molecule has 0 radical (unpaired) electrons. The van der Waals surface area contributed by atoms with Crippen molar-refractivity contribution in [2.24, 2.45) is 0 Å². The summed E-state index contributed by atoms with van der Waals surface area (Å²) in [4.78, 5) is 23.3. The Kier molecular flexibility index (Phi) is 2.49. The van der Waals surface area contributed by atoms with Crippen LogP contribution in [0.3, 0.4) is 0 Å². The van der Waals surface area contributed by atoms with E-state index in [1.54, 1.807) is 22.7 Å². The molecule has 0 spiro atoms. The molecule has 0 bridgehead atoms. The normalized spacial score (nSPS) is 20.6. The molecule has 80 valence electrons. The van der Waals surface area contributed by atoms with E-state index in [4.69, 9.17) is 0 Å².